The van der Waals surface area contributed by atoms with Crippen LogP contribution in [0.3, 0.4) is 0 Å². The minimum atomic E-state index is -0.478. The summed E-state index contributed by atoms with van der Waals surface area (Å²) < 4.78 is 5.52. The summed E-state index contributed by atoms with van der Waals surface area (Å²) in [6.45, 7) is 8.33. The van der Waals surface area contributed by atoms with Gasteiger partial charge in [0.05, 0.1) is 6.04 Å². The van der Waals surface area contributed by atoms with E-state index in [0.29, 0.717) is 5.82 Å². The quantitative estimate of drug-likeness (QED) is 0.860. The van der Waals surface area contributed by atoms with Crippen molar-refractivity contribution < 1.29 is 9.53 Å². The van der Waals surface area contributed by atoms with Gasteiger partial charge in [0.2, 0.25) is 0 Å². The Morgan fingerprint density at radius 2 is 2.14 bits per heavy atom. The van der Waals surface area contributed by atoms with Gasteiger partial charge in [0, 0.05) is 12.7 Å². The van der Waals surface area contributed by atoms with E-state index in [1.54, 1.807) is 6.20 Å². The van der Waals surface area contributed by atoms with E-state index in [-0.39, 0.29) is 12.1 Å². The lowest BCUT2D eigenvalue weighted by Gasteiger charge is -2.37. The summed E-state index contributed by atoms with van der Waals surface area (Å²) >= 11 is 0. The van der Waals surface area contributed by atoms with E-state index in [0.717, 1.165) is 36.9 Å². The molecule has 1 aromatic heterocycles. The second-order valence-corrected chi connectivity index (χ2v) is 6.66. The average Bonchev–Trinajstić information content (AvgIpc) is 2.40. The number of ether oxygens (including phenoxy) is 1. The van der Waals surface area contributed by atoms with Crippen LogP contribution in [0.2, 0.25) is 0 Å². The maximum atomic E-state index is 12.4. The predicted octanol–water partition coefficient (Wildman–Crippen LogP) is 3.43. The minimum absolute atomic E-state index is 0.0281. The third-order valence-corrected chi connectivity index (χ3v) is 3.66. The highest BCUT2D eigenvalue weighted by Crippen LogP contribution is 2.32. The van der Waals surface area contributed by atoms with Crippen molar-refractivity contribution in [2.24, 2.45) is 0 Å². The van der Waals surface area contributed by atoms with Crippen molar-refractivity contribution >= 4 is 11.9 Å². The van der Waals surface area contributed by atoms with E-state index in [1.807, 2.05) is 38.7 Å². The van der Waals surface area contributed by atoms with Gasteiger partial charge in [0.1, 0.15) is 11.4 Å². The van der Waals surface area contributed by atoms with E-state index in [2.05, 4.69) is 4.98 Å². The lowest BCUT2D eigenvalue weighted by molar-refractivity contribution is 0.00948. The molecule has 1 aromatic rings. The largest absolute Gasteiger partial charge is 0.444 e. The second-order valence-electron chi connectivity index (χ2n) is 6.66. The van der Waals surface area contributed by atoms with Gasteiger partial charge < -0.3 is 15.4 Å². The van der Waals surface area contributed by atoms with Crippen molar-refractivity contribution in [3.8, 4) is 0 Å². The summed E-state index contributed by atoms with van der Waals surface area (Å²) in [6, 6.07) is 2.05. The molecule has 116 valence electrons. The number of likely N-dealkylation sites (tertiary alicyclic amines) is 1. The summed E-state index contributed by atoms with van der Waals surface area (Å²) in [4.78, 5) is 18.4. The standard InChI is InChI=1S/C16H25N3O2/c1-11-9-12(10-18-14(11)17)13-7-5-6-8-19(13)15(20)21-16(2,3)4/h9-10,13H,5-8H2,1-4H3,(H2,17,18)/t13-/m0/s1. The van der Waals surface area contributed by atoms with E-state index in [4.69, 9.17) is 10.5 Å². The fourth-order valence-electron chi connectivity index (χ4n) is 2.61. The topological polar surface area (TPSA) is 68.5 Å². The molecule has 0 aromatic carbocycles. The Balaban J connectivity index is 2.22. The first-order valence-corrected chi connectivity index (χ1v) is 7.49. The number of hydrogen-bond acceptors (Lipinski definition) is 4. The van der Waals surface area contributed by atoms with E-state index < -0.39 is 5.60 Å². The Morgan fingerprint density at radius 3 is 2.76 bits per heavy atom. The highest BCUT2D eigenvalue weighted by molar-refractivity contribution is 5.69. The highest BCUT2D eigenvalue weighted by atomic mass is 16.6. The maximum Gasteiger partial charge on any atom is 0.410 e. The predicted molar refractivity (Wildman–Crippen MR) is 82.9 cm³/mol. The van der Waals surface area contributed by atoms with Gasteiger partial charge in [-0.15, -0.1) is 0 Å². The number of nitrogens with two attached hydrogens (primary N) is 1. The van der Waals surface area contributed by atoms with Crippen LogP contribution in [-0.2, 0) is 4.74 Å². The highest BCUT2D eigenvalue weighted by Gasteiger charge is 2.31. The van der Waals surface area contributed by atoms with E-state index in [1.165, 1.54) is 0 Å². The zero-order valence-electron chi connectivity index (χ0n) is 13.3. The van der Waals surface area contributed by atoms with Crippen LogP contribution in [0.5, 0.6) is 0 Å². The van der Waals surface area contributed by atoms with Gasteiger partial charge in [0.25, 0.3) is 0 Å². The summed E-state index contributed by atoms with van der Waals surface area (Å²) in [7, 11) is 0. The molecule has 1 aliphatic rings. The SMILES string of the molecule is Cc1cc([C@@H]2CCCCN2C(=O)OC(C)(C)C)cnc1N. The van der Waals surface area contributed by atoms with Crippen molar-refractivity contribution in [3.05, 3.63) is 23.4 Å². The number of nitrogen functional groups attached to an aromatic ring is 1. The number of piperidine rings is 1. The smallest absolute Gasteiger partial charge is 0.410 e. The Kier molecular flexibility index (Phi) is 4.40. The van der Waals surface area contributed by atoms with Crippen LogP contribution in [0.15, 0.2) is 12.3 Å². The molecular weight excluding hydrogens is 266 g/mol. The Labute approximate surface area is 126 Å². The normalized spacial score (nSPS) is 19.4. The summed E-state index contributed by atoms with van der Waals surface area (Å²) in [5.41, 5.74) is 7.28. The number of pyridine rings is 1. The summed E-state index contributed by atoms with van der Waals surface area (Å²) in [6.07, 6.45) is 4.58. The first kappa shape index (κ1) is 15.6. The molecule has 0 bridgehead atoms. The van der Waals surface area contributed by atoms with E-state index >= 15 is 0 Å². The van der Waals surface area contributed by atoms with Crippen LogP contribution < -0.4 is 5.73 Å². The van der Waals surface area contributed by atoms with Crippen LogP contribution in [-0.4, -0.2) is 28.1 Å². The lowest BCUT2D eigenvalue weighted by Crippen LogP contribution is -2.41. The number of rotatable bonds is 1. The van der Waals surface area contributed by atoms with Crippen LogP contribution in [0, 0.1) is 6.92 Å². The Bertz CT molecular complexity index is 523. The molecule has 2 N–H and O–H groups in total. The van der Waals surface area contributed by atoms with Gasteiger partial charge >= 0.3 is 6.09 Å². The molecule has 0 radical (unpaired) electrons. The number of anilines is 1. The fraction of sp³-hybridized carbons (Fsp3) is 0.625. The molecule has 1 aliphatic heterocycles. The second kappa shape index (κ2) is 5.92. The molecule has 1 atom stereocenters. The third-order valence-electron chi connectivity index (χ3n) is 3.66. The number of hydrogen-bond donors (Lipinski definition) is 1. The van der Waals surface area contributed by atoms with Crippen molar-refractivity contribution in [1.29, 1.82) is 0 Å². The van der Waals surface area contributed by atoms with Crippen LogP contribution >= 0.6 is 0 Å². The summed E-state index contributed by atoms with van der Waals surface area (Å²) in [5, 5.41) is 0. The molecule has 5 nitrogen and oxygen atoms in total. The molecular formula is C16H25N3O2. The molecule has 0 spiro atoms. The zero-order chi connectivity index (χ0) is 15.6. The van der Waals surface area contributed by atoms with Gasteiger partial charge in [-0.25, -0.2) is 9.78 Å². The fourth-order valence-corrected chi connectivity index (χ4v) is 2.61. The third kappa shape index (κ3) is 3.86. The number of carbonyl (C=O) groups is 1. The molecule has 2 heterocycles. The van der Waals surface area contributed by atoms with Gasteiger partial charge in [0.15, 0.2) is 0 Å². The number of aromatic nitrogens is 1. The molecule has 0 unspecified atom stereocenters. The zero-order valence-corrected chi connectivity index (χ0v) is 13.3. The monoisotopic (exact) mass is 291 g/mol. The average molecular weight is 291 g/mol. The van der Waals surface area contributed by atoms with Crippen LogP contribution in [0.25, 0.3) is 0 Å². The minimum Gasteiger partial charge on any atom is -0.444 e. The van der Waals surface area contributed by atoms with Gasteiger partial charge in [-0.05, 0) is 64.2 Å². The van der Waals surface area contributed by atoms with Crippen LogP contribution in [0.4, 0.5) is 10.6 Å². The van der Waals surface area contributed by atoms with E-state index in [9.17, 15) is 4.79 Å². The molecule has 1 saturated heterocycles. The van der Waals surface area contributed by atoms with Crippen molar-refractivity contribution in [1.82, 2.24) is 9.88 Å². The van der Waals surface area contributed by atoms with Crippen molar-refractivity contribution in [2.75, 3.05) is 12.3 Å². The molecule has 21 heavy (non-hydrogen) atoms. The maximum absolute atomic E-state index is 12.4. The van der Waals surface area contributed by atoms with Gasteiger partial charge in [-0.2, -0.15) is 0 Å². The molecule has 2 rings (SSSR count). The molecule has 1 amide bonds. The van der Waals surface area contributed by atoms with Gasteiger partial charge in [-0.3, -0.25) is 0 Å². The van der Waals surface area contributed by atoms with Crippen molar-refractivity contribution in [2.45, 2.75) is 58.6 Å². The summed E-state index contributed by atoms with van der Waals surface area (Å²) in [5.74, 6) is 0.540. The van der Waals surface area contributed by atoms with Crippen LogP contribution in [0.1, 0.15) is 57.2 Å². The first-order chi connectivity index (χ1) is 9.78. The molecule has 0 saturated carbocycles. The number of nitrogens with zero attached hydrogens (tertiary/aromatic N) is 2. The molecule has 0 aliphatic carbocycles. The Hall–Kier alpha value is -1.78. The number of amides is 1. The number of carbonyl (C=O) groups excluding carboxylic acids is 1. The van der Waals surface area contributed by atoms with Crippen molar-refractivity contribution in [3.63, 3.8) is 0 Å². The molecule has 5 heteroatoms. The van der Waals surface area contributed by atoms with Gasteiger partial charge in [-0.1, -0.05) is 0 Å². The Morgan fingerprint density at radius 1 is 1.43 bits per heavy atom. The molecule has 1 fully saturated rings. The number of aryl methyl sites for hydroxylation is 1. The lowest BCUT2D eigenvalue weighted by atomic mass is 9.96. The first-order valence-electron chi connectivity index (χ1n) is 7.49.